The Morgan fingerprint density at radius 3 is 2.70 bits per heavy atom. The van der Waals surface area contributed by atoms with E-state index in [0.29, 0.717) is 23.5 Å². The van der Waals surface area contributed by atoms with E-state index in [2.05, 4.69) is 4.99 Å². The summed E-state index contributed by atoms with van der Waals surface area (Å²) in [6.07, 6.45) is 4.86. The first-order chi connectivity index (χ1) is 14.4. The Morgan fingerprint density at radius 2 is 1.97 bits per heavy atom. The molecule has 0 spiro atoms. The van der Waals surface area contributed by atoms with Gasteiger partial charge in [-0.1, -0.05) is 18.2 Å². The van der Waals surface area contributed by atoms with Gasteiger partial charge in [-0.15, -0.1) is 11.3 Å². The zero-order valence-electron chi connectivity index (χ0n) is 16.4. The molecule has 4 rings (SSSR count). The highest BCUT2D eigenvalue weighted by atomic mass is 32.2. The number of hydrogen-bond acceptors (Lipinski definition) is 4. The number of carbonyl (C=O) groups excluding carboxylic acids is 1. The van der Waals surface area contributed by atoms with Gasteiger partial charge in [0.15, 0.2) is 4.80 Å². The van der Waals surface area contributed by atoms with Gasteiger partial charge in [-0.25, -0.2) is 12.8 Å². The number of rotatable bonds is 5. The molecule has 0 atom stereocenters. The summed E-state index contributed by atoms with van der Waals surface area (Å²) in [5, 5.41) is 1.77. The summed E-state index contributed by atoms with van der Waals surface area (Å²) in [6, 6.07) is 7.80. The van der Waals surface area contributed by atoms with Crippen LogP contribution in [0.2, 0.25) is 0 Å². The third kappa shape index (κ3) is 4.03. The van der Waals surface area contributed by atoms with Gasteiger partial charge in [-0.05, 0) is 25.0 Å². The van der Waals surface area contributed by atoms with Gasteiger partial charge in [-0.2, -0.15) is 9.30 Å². The first kappa shape index (κ1) is 20.7. The minimum Gasteiger partial charge on any atom is -0.345 e. The minimum absolute atomic E-state index is 0.0934. The summed E-state index contributed by atoms with van der Waals surface area (Å²) >= 11 is 1.25. The van der Waals surface area contributed by atoms with Crippen molar-refractivity contribution in [3.8, 4) is 0 Å². The number of halogens is 1. The van der Waals surface area contributed by atoms with Crippen LogP contribution in [0.25, 0.3) is 0 Å². The highest BCUT2D eigenvalue weighted by Gasteiger charge is 2.29. The second kappa shape index (κ2) is 8.29. The third-order valence-corrected chi connectivity index (χ3v) is 7.72. The van der Waals surface area contributed by atoms with Gasteiger partial charge >= 0.3 is 0 Å². The number of aromatic nitrogens is 2. The van der Waals surface area contributed by atoms with Crippen molar-refractivity contribution in [1.82, 2.24) is 13.4 Å². The number of nitrogens with zero attached hydrogens (tertiary/aromatic N) is 4. The number of hydrogen-bond donors (Lipinski definition) is 0. The number of benzene rings is 1. The molecule has 2 aromatic heterocycles. The molecule has 1 amide bonds. The summed E-state index contributed by atoms with van der Waals surface area (Å²) in [4.78, 5) is 17.5. The van der Waals surface area contributed by atoms with Crippen LogP contribution in [-0.4, -0.2) is 40.9 Å². The molecule has 0 bridgehead atoms. The lowest BCUT2D eigenvalue weighted by molar-refractivity contribution is 0.0990. The standard InChI is InChI=1S/C20H21FN4O3S2/c1-23-14-16(30(27,28)25-8-4-5-9-25)12-18(23)19(26)22-20-24(10-11-29-20)13-15-6-2-3-7-17(15)21/h2-3,6-7,10-12,14H,4-5,8-9,13H2,1H3. The number of thiazole rings is 1. The fourth-order valence-electron chi connectivity index (χ4n) is 3.43. The maximum Gasteiger partial charge on any atom is 0.296 e. The van der Waals surface area contributed by atoms with E-state index in [-0.39, 0.29) is 23.0 Å². The minimum atomic E-state index is -3.62. The predicted molar refractivity (Wildman–Crippen MR) is 111 cm³/mol. The van der Waals surface area contributed by atoms with E-state index in [4.69, 9.17) is 0 Å². The van der Waals surface area contributed by atoms with Gasteiger partial charge in [0, 0.05) is 43.5 Å². The van der Waals surface area contributed by atoms with Crippen molar-refractivity contribution in [2.24, 2.45) is 12.0 Å². The molecule has 3 heterocycles. The highest BCUT2D eigenvalue weighted by molar-refractivity contribution is 7.89. The largest absolute Gasteiger partial charge is 0.345 e. The van der Waals surface area contributed by atoms with E-state index in [1.165, 1.54) is 38.5 Å². The molecule has 1 aliphatic heterocycles. The van der Waals surface area contributed by atoms with E-state index in [1.54, 1.807) is 41.4 Å². The molecule has 0 N–H and O–H groups in total. The summed E-state index contributed by atoms with van der Waals surface area (Å²) < 4.78 is 44.1. The molecule has 30 heavy (non-hydrogen) atoms. The van der Waals surface area contributed by atoms with Crippen molar-refractivity contribution in [3.63, 3.8) is 0 Å². The van der Waals surface area contributed by atoms with Crippen molar-refractivity contribution in [3.05, 3.63) is 70.0 Å². The monoisotopic (exact) mass is 448 g/mol. The molecule has 158 valence electrons. The van der Waals surface area contributed by atoms with E-state index < -0.39 is 15.9 Å². The molecule has 3 aromatic rings. The average molecular weight is 449 g/mol. The number of carbonyl (C=O) groups is 1. The SMILES string of the molecule is Cn1cc(S(=O)(=O)N2CCCC2)cc1C(=O)N=c1sccn1Cc1ccccc1F. The summed E-state index contributed by atoms with van der Waals surface area (Å²) in [6.45, 7) is 1.23. The van der Waals surface area contributed by atoms with Gasteiger partial charge in [0.1, 0.15) is 16.4 Å². The first-order valence-electron chi connectivity index (χ1n) is 9.49. The molecule has 0 radical (unpaired) electrons. The molecule has 10 heteroatoms. The third-order valence-electron chi connectivity index (χ3n) is 5.06. The van der Waals surface area contributed by atoms with E-state index in [1.807, 2.05) is 0 Å². The molecule has 7 nitrogen and oxygen atoms in total. The van der Waals surface area contributed by atoms with Crippen LogP contribution >= 0.6 is 11.3 Å². The lowest BCUT2D eigenvalue weighted by atomic mass is 10.2. The van der Waals surface area contributed by atoms with E-state index in [0.717, 1.165) is 12.8 Å². The zero-order valence-corrected chi connectivity index (χ0v) is 18.0. The Balaban J connectivity index is 1.62. The normalized spacial score (nSPS) is 15.7. The molecule has 1 saturated heterocycles. The van der Waals surface area contributed by atoms with Gasteiger partial charge < -0.3 is 9.13 Å². The van der Waals surface area contributed by atoms with Crippen molar-refractivity contribution >= 4 is 27.3 Å². The van der Waals surface area contributed by atoms with E-state index in [9.17, 15) is 17.6 Å². The molecule has 1 fully saturated rings. The van der Waals surface area contributed by atoms with Gasteiger partial charge in [0.2, 0.25) is 10.0 Å². The van der Waals surface area contributed by atoms with Crippen molar-refractivity contribution in [2.45, 2.75) is 24.3 Å². The second-order valence-electron chi connectivity index (χ2n) is 7.10. The summed E-state index contributed by atoms with van der Waals surface area (Å²) in [5.41, 5.74) is 0.668. The molecular formula is C20H21FN4O3S2. The van der Waals surface area contributed by atoms with Crippen LogP contribution < -0.4 is 4.80 Å². The molecule has 0 unspecified atom stereocenters. The van der Waals surface area contributed by atoms with Crippen LogP contribution in [0.1, 0.15) is 28.9 Å². The number of sulfonamides is 1. The summed E-state index contributed by atoms with van der Waals surface area (Å²) in [5.74, 6) is -0.877. The Morgan fingerprint density at radius 1 is 1.23 bits per heavy atom. The van der Waals surface area contributed by atoms with Gasteiger partial charge in [0.05, 0.1) is 6.54 Å². The number of aryl methyl sites for hydroxylation is 1. The number of amides is 1. The van der Waals surface area contributed by atoms with Crippen LogP contribution in [0.4, 0.5) is 4.39 Å². The maximum absolute atomic E-state index is 14.0. The molecule has 1 aliphatic rings. The quantitative estimate of drug-likeness (QED) is 0.602. The Labute approximate surface area is 177 Å². The molecular weight excluding hydrogens is 427 g/mol. The molecule has 0 saturated carbocycles. The van der Waals surface area contributed by atoms with E-state index >= 15 is 0 Å². The molecule has 0 aliphatic carbocycles. The van der Waals surface area contributed by atoms with Crippen molar-refractivity contribution < 1.29 is 17.6 Å². The van der Waals surface area contributed by atoms with Crippen LogP contribution in [0, 0.1) is 5.82 Å². The first-order valence-corrected chi connectivity index (χ1v) is 11.8. The Kier molecular flexibility index (Phi) is 5.72. The lowest BCUT2D eigenvalue weighted by Crippen LogP contribution is -2.27. The second-order valence-corrected chi connectivity index (χ2v) is 9.92. The fourth-order valence-corrected chi connectivity index (χ4v) is 5.74. The Bertz CT molecular complexity index is 1250. The smallest absolute Gasteiger partial charge is 0.296 e. The van der Waals surface area contributed by atoms with Crippen LogP contribution in [0.3, 0.4) is 0 Å². The van der Waals surface area contributed by atoms with Crippen LogP contribution in [0.15, 0.2) is 58.0 Å². The topological polar surface area (TPSA) is 76.7 Å². The van der Waals surface area contributed by atoms with Gasteiger partial charge in [0.25, 0.3) is 5.91 Å². The zero-order chi connectivity index (χ0) is 21.3. The average Bonchev–Trinajstić information content (AvgIpc) is 3.45. The van der Waals surface area contributed by atoms with Gasteiger partial charge in [-0.3, -0.25) is 4.79 Å². The van der Waals surface area contributed by atoms with Crippen LogP contribution in [-0.2, 0) is 23.6 Å². The highest BCUT2D eigenvalue weighted by Crippen LogP contribution is 2.22. The molecule has 1 aromatic carbocycles. The summed E-state index contributed by atoms with van der Waals surface area (Å²) in [7, 11) is -2.00. The lowest BCUT2D eigenvalue weighted by Gasteiger charge is -2.13. The predicted octanol–water partition coefficient (Wildman–Crippen LogP) is 2.60. The fraction of sp³-hybridized carbons (Fsp3) is 0.300. The Hall–Kier alpha value is -2.56. The van der Waals surface area contributed by atoms with Crippen molar-refractivity contribution in [1.29, 1.82) is 0 Å². The van der Waals surface area contributed by atoms with Crippen LogP contribution in [0.5, 0.6) is 0 Å². The maximum atomic E-state index is 14.0. The van der Waals surface area contributed by atoms with Crippen molar-refractivity contribution in [2.75, 3.05) is 13.1 Å².